The van der Waals surface area contributed by atoms with E-state index in [0.29, 0.717) is 18.9 Å². The molecule has 0 spiro atoms. The Labute approximate surface area is 164 Å². The molecule has 2 atom stereocenters. The Balaban J connectivity index is 0.00000225. The molecule has 3 rings (SSSR count). The SMILES string of the molecule is CN=C(NCCc1cccc(F)c1)NC1CC1c1ccccc1F.I. The van der Waals surface area contributed by atoms with Gasteiger partial charge in [0.25, 0.3) is 0 Å². The van der Waals surface area contributed by atoms with Crippen molar-refractivity contribution in [1.29, 1.82) is 0 Å². The van der Waals surface area contributed by atoms with Crippen LogP contribution >= 0.6 is 24.0 Å². The van der Waals surface area contributed by atoms with Crippen LogP contribution in [0.25, 0.3) is 0 Å². The molecular formula is C19H22F2IN3. The van der Waals surface area contributed by atoms with Crippen LogP contribution in [0.1, 0.15) is 23.5 Å². The maximum atomic E-state index is 13.8. The Bertz CT molecular complexity index is 736. The lowest BCUT2D eigenvalue weighted by atomic mass is 10.1. The molecule has 2 aromatic carbocycles. The van der Waals surface area contributed by atoms with Crippen LogP contribution in [0, 0.1) is 11.6 Å². The third-order valence-electron chi connectivity index (χ3n) is 4.24. The molecule has 134 valence electrons. The van der Waals surface area contributed by atoms with Crippen molar-refractivity contribution < 1.29 is 8.78 Å². The first-order valence-electron chi connectivity index (χ1n) is 8.13. The summed E-state index contributed by atoms with van der Waals surface area (Å²) in [5.74, 6) is 0.504. The number of aliphatic imine (C=N–C) groups is 1. The predicted octanol–water partition coefficient (Wildman–Crippen LogP) is 3.85. The number of guanidine groups is 1. The van der Waals surface area contributed by atoms with Gasteiger partial charge in [-0.1, -0.05) is 30.3 Å². The summed E-state index contributed by atoms with van der Waals surface area (Å²) in [7, 11) is 1.71. The molecule has 0 bridgehead atoms. The van der Waals surface area contributed by atoms with Crippen molar-refractivity contribution in [2.45, 2.75) is 24.8 Å². The summed E-state index contributed by atoms with van der Waals surface area (Å²) in [6, 6.07) is 13.7. The molecule has 1 fully saturated rings. The van der Waals surface area contributed by atoms with Gasteiger partial charge in [-0.3, -0.25) is 4.99 Å². The van der Waals surface area contributed by atoms with Crippen LogP contribution in [0.5, 0.6) is 0 Å². The summed E-state index contributed by atoms with van der Waals surface area (Å²) in [5.41, 5.74) is 1.69. The first kappa shape index (κ1) is 19.6. The van der Waals surface area contributed by atoms with Gasteiger partial charge in [0.15, 0.2) is 5.96 Å². The highest BCUT2D eigenvalue weighted by Gasteiger charge is 2.40. The maximum Gasteiger partial charge on any atom is 0.191 e. The molecule has 1 aliphatic rings. The number of nitrogens with zero attached hydrogens (tertiary/aromatic N) is 1. The van der Waals surface area contributed by atoms with Crippen LogP contribution in [0.3, 0.4) is 0 Å². The van der Waals surface area contributed by atoms with E-state index in [1.54, 1.807) is 19.2 Å². The summed E-state index contributed by atoms with van der Waals surface area (Å²) in [5, 5.41) is 6.53. The Morgan fingerprint density at radius 3 is 2.68 bits per heavy atom. The molecule has 3 nitrogen and oxygen atoms in total. The largest absolute Gasteiger partial charge is 0.356 e. The second kappa shape index (κ2) is 9.12. The molecule has 0 aromatic heterocycles. The number of rotatable bonds is 5. The maximum absolute atomic E-state index is 13.8. The monoisotopic (exact) mass is 457 g/mol. The summed E-state index contributed by atoms with van der Waals surface area (Å²) in [4.78, 5) is 4.19. The third-order valence-corrected chi connectivity index (χ3v) is 4.24. The fraction of sp³-hybridized carbons (Fsp3) is 0.316. The van der Waals surface area contributed by atoms with E-state index in [0.717, 1.165) is 17.5 Å². The van der Waals surface area contributed by atoms with Crippen molar-refractivity contribution in [2.24, 2.45) is 4.99 Å². The summed E-state index contributed by atoms with van der Waals surface area (Å²) in [6.45, 7) is 0.653. The van der Waals surface area contributed by atoms with Gasteiger partial charge in [0.05, 0.1) is 0 Å². The van der Waals surface area contributed by atoms with Crippen molar-refractivity contribution >= 4 is 29.9 Å². The van der Waals surface area contributed by atoms with Crippen molar-refractivity contribution in [2.75, 3.05) is 13.6 Å². The molecule has 0 radical (unpaired) electrons. The standard InChI is InChI=1S/C19H21F2N3.HI/c1-22-19(23-10-9-13-5-4-6-14(20)11-13)24-18-12-16(18)15-7-2-3-8-17(15)21;/h2-8,11,16,18H,9-10,12H2,1H3,(H2,22,23,24);1H. The minimum absolute atomic E-state index is 0. The number of hydrogen-bond donors (Lipinski definition) is 2. The van der Waals surface area contributed by atoms with Gasteiger partial charge in [-0.25, -0.2) is 8.78 Å². The predicted molar refractivity (Wildman–Crippen MR) is 108 cm³/mol. The van der Waals surface area contributed by atoms with Crippen LogP contribution < -0.4 is 10.6 Å². The summed E-state index contributed by atoms with van der Waals surface area (Å²) < 4.78 is 26.9. The normalized spacial score (nSPS) is 19.1. The molecule has 1 saturated carbocycles. The van der Waals surface area contributed by atoms with Crippen molar-refractivity contribution in [3.63, 3.8) is 0 Å². The van der Waals surface area contributed by atoms with E-state index in [2.05, 4.69) is 15.6 Å². The van der Waals surface area contributed by atoms with Crippen LogP contribution in [0.2, 0.25) is 0 Å². The highest BCUT2D eigenvalue weighted by Crippen LogP contribution is 2.41. The fourth-order valence-electron chi connectivity index (χ4n) is 2.86. The third kappa shape index (κ3) is 5.39. The Hall–Kier alpha value is -1.70. The highest BCUT2D eigenvalue weighted by molar-refractivity contribution is 14.0. The number of nitrogens with one attached hydrogen (secondary N) is 2. The van der Waals surface area contributed by atoms with Crippen LogP contribution in [-0.4, -0.2) is 25.6 Å². The molecule has 0 saturated heterocycles. The lowest BCUT2D eigenvalue weighted by Gasteiger charge is -2.12. The molecule has 0 amide bonds. The van der Waals surface area contributed by atoms with Crippen LogP contribution in [0.15, 0.2) is 53.5 Å². The van der Waals surface area contributed by atoms with Gasteiger partial charge in [0.1, 0.15) is 11.6 Å². The zero-order chi connectivity index (χ0) is 16.9. The Morgan fingerprint density at radius 1 is 1.16 bits per heavy atom. The van der Waals surface area contributed by atoms with E-state index >= 15 is 0 Å². The summed E-state index contributed by atoms with van der Waals surface area (Å²) in [6.07, 6.45) is 1.60. The van der Waals surface area contributed by atoms with Crippen molar-refractivity contribution in [3.05, 3.63) is 71.3 Å². The zero-order valence-electron chi connectivity index (χ0n) is 14.0. The second-order valence-corrected chi connectivity index (χ2v) is 5.99. The highest BCUT2D eigenvalue weighted by atomic mass is 127. The van der Waals surface area contributed by atoms with Gasteiger partial charge < -0.3 is 10.6 Å². The Kier molecular flexibility index (Phi) is 7.16. The molecular weight excluding hydrogens is 435 g/mol. The number of benzene rings is 2. The first-order chi connectivity index (χ1) is 11.7. The van der Waals surface area contributed by atoms with Gasteiger partial charge in [-0.2, -0.15) is 0 Å². The lowest BCUT2D eigenvalue weighted by Crippen LogP contribution is -2.39. The van der Waals surface area contributed by atoms with Gasteiger partial charge in [0.2, 0.25) is 0 Å². The van der Waals surface area contributed by atoms with E-state index in [4.69, 9.17) is 0 Å². The number of halogens is 3. The molecule has 2 unspecified atom stereocenters. The average molecular weight is 457 g/mol. The average Bonchev–Trinajstić information content (AvgIpc) is 3.33. The lowest BCUT2D eigenvalue weighted by molar-refractivity contribution is 0.607. The first-order valence-corrected chi connectivity index (χ1v) is 8.13. The quantitative estimate of drug-likeness (QED) is 0.407. The number of hydrogen-bond acceptors (Lipinski definition) is 1. The van der Waals surface area contributed by atoms with Gasteiger partial charge in [-0.05, 0) is 42.2 Å². The van der Waals surface area contributed by atoms with Crippen molar-refractivity contribution in [1.82, 2.24) is 10.6 Å². The smallest absolute Gasteiger partial charge is 0.191 e. The van der Waals surface area contributed by atoms with E-state index in [9.17, 15) is 8.78 Å². The molecule has 2 N–H and O–H groups in total. The molecule has 6 heteroatoms. The van der Waals surface area contributed by atoms with Crippen molar-refractivity contribution in [3.8, 4) is 0 Å². The minimum atomic E-state index is -0.222. The fourth-order valence-corrected chi connectivity index (χ4v) is 2.86. The van der Waals surface area contributed by atoms with Gasteiger partial charge in [0, 0.05) is 25.6 Å². The molecule has 2 aromatic rings. The second-order valence-electron chi connectivity index (χ2n) is 5.99. The van der Waals surface area contributed by atoms with E-state index in [1.165, 1.54) is 18.2 Å². The molecule has 1 aliphatic carbocycles. The zero-order valence-corrected chi connectivity index (χ0v) is 16.3. The van der Waals surface area contributed by atoms with E-state index < -0.39 is 0 Å². The molecule has 0 heterocycles. The Morgan fingerprint density at radius 2 is 1.96 bits per heavy atom. The molecule has 0 aliphatic heterocycles. The minimum Gasteiger partial charge on any atom is -0.356 e. The van der Waals surface area contributed by atoms with Gasteiger partial charge >= 0.3 is 0 Å². The topological polar surface area (TPSA) is 36.4 Å². The molecule has 25 heavy (non-hydrogen) atoms. The summed E-state index contributed by atoms with van der Waals surface area (Å²) >= 11 is 0. The van der Waals surface area contributed by atoms with E-state index in [-0.39, 0.29) is 47.6 Å². The van der Waals surface area contributed by atoms with Crippen LogP contribution in [0.4, 0.5) is 8.78 Å². The van der Waals surface area contributed by atoms with Gasteiger partial charge in [-0.15, -0.1) is 24.0 Å². The van der Waals surface area contributed by atoms with Crippen LogP contribution in [-0.2, 0) is 6.42 Å². The van der Waals surface area contributed by atoms with E-state index in [1.807, 2.05) is 18.2 Å².